The second-order valence-electron chi connectivity index (χ2n) is 6.13. The lowest BCUT2D eigenvalue weighted by Crippen LogP contribution is -2.51. The first kappa shape index (κ1) is 17.9. The molecule has 0 bridgehead atoms. The highest BCUT2D eigenvalue weighted by Gasteiger charge is 2.28. The molecule has 2 aromatic rings. The van der Waals surface area contributed by atoms with Crippen molar-refractivity contribution >= 4 is 17.6 Å². The Morgan fingerprint density at radius 3 is 2.38 bits per heavy atom. The molecular weight excluding hydrogens is 339 g/mol. The number of benzene rings is 1. The molecule has 2 heterocycles. The largest absolute Gasteiger partial charge is 0.361 e. The molecule has 0 aliphatic carbocycles. The zero-order valence-corrected chi connectivity index (χ0v) is 14.8. The van der Waals surface area contributed by atoms with Crippen LogP contribution in [0.2, 0.25) is 0 Å². The van der Waals surface area contributed by atoms with Crippen molar-refractivity contribution in [3.8, 4) is 0 Å². The van der Waals surface area contributed by atoms with Crippen molar-refractivity contribution in [2.24, 2.45) is 0 Å². The first-order valence-corrected chi connectivity index (χ1v) is 8.55. The monoisotopic (exact) mass is 360 g/mol. The predicted octanol–water partition coefficient (Wildman–Crippen LogP) is 2.67. The van der Waals surface area contributed by atoms with Gasteiger partial charge in [-0.3, -0.25) is 4.79 Å². The van der Waals surface area contributed by atoms with E-state index in [9.17, 15) is 14.0 Å². The van der Waals surface area contributed by atoms with Gasteiger partial charge in [-0.2, -0.15) is 0 Å². The number of nitrogens with one attached hydrogen (secondary N) is 1. The minimum Gasteiger partial charge on any atom is -0.361 e. The summed E-state index contributed by atoms with van der Waals surface area (Å²) in [6.45, 7) is 5.36. The molecule has 1 N–H and O–H groups in total. The Morgan fingerprint density at radius 2 is 1.77 bits per heavy atom. The van der Waals surface area contributed by atoms with Gasteiger partial charge in [-0.1, -0.05) is 12.1 Å². The number of aromatic nitrogens is 1. The standard InChI is InChI=1S/C18H21FN4O3/c1-3-15-16(12(2)26-21-15)17(24)22-8-10-23(11-9-22)18(25)20-14-6-4-13(19)5-7-14/h4-7H,3,8-11H2,1-2H3,(H,20,25). The third kappa shape index (κ3) is 3.68. The molecule has 0 unspecified atom stereocenters. The highest BCUT2D eigenvalue weighted by molar-refractivity contribution is 5.96. The molecule has 1 aromatic heterocycles. The van der Waals surface area contributed by atoms with E-state index in [2.05, 4.69) is 10.5 Å². The van der Waals surface area contributed by atoms with Gasteiger partial charge >= 0.3 is 6.03 Å². The lowest BCUT2D eigenvalue weighted by atomic mass is 10.1. The van der Waals surface area contributed by atoms with Crippen molar-refractivity contribution in [2.75, 3.05) is 31.5 Å². The van der Waals surface area contributed by atoms with Crippen LogP contribution in [0.3, 0.4) is 0 Å². The van der Waals surface area contributed by atoms with Crippen molar-refractivity contribution < 1.29 is 18.5 Å². The number of rotatable bonds is 3. The van der Waals surface area contributed by atoms with Gasteiger partial charge in [0.05, 0.1) is 5.69 Å². The minimum atomic E-state index is -0.356. The SMILES string of the molecule is CCc1noc(C)c1C(=O)N1CCN(C(=O)Nc2ccc(F)cc2)CC1. The molecule has 7 nitrogen and oxygen atoms in total. The second kappa shape index (κ2) is 7.55. The summed E-state index contributed by atoms with van der Waals surface area (Å²) in [4.78, 5) is 28.4. The van der Waals surface area contributed by atoms with E-state index in [1.807, 2.05) is 6.92 Å². The molecule has 138 valence electrons. The Bertz CT molecular complexity index is 795. The van der Waals surface area contributed by atoms with Crippen LogP contribution in [-0.4, -0.2) is 53.1 Å². The summed E-state index contributed by atoms with van der Waals surface area (Å²) in [5.74, 6) is 0.0492. The van der Waals surface area contributed by atoms with Gasteiger partial charge in [0.1, 0.15) is 17.1 Å². The average Bonchev–Trinajstić information content (AvgIpc) is 3.03. The normalized spacial score (nSPS) is 14.4. The van der Waals surface area contributed by atoms with Crippen molar-refractivity contribution in [2.45, 2.75) is 20.3 Å². The molecule has 1 saturated heterocycles. The molecule has 1 fully saturated rings. The number of nitrogens with zero attached hydrogens (tertiary/aromatic N) is 3. The number of hydrogen-bond donors (Lipinski definition) is 1. The number of halogens is 1. The van der Waals surface area contributed by atoms with Crippen LogP contribution in [-0.2, 0) is 6.42 Å². The third-order valence-corrected chi connectivity index (χ3v) is 4.43. The van der Waals surface area contributed by atoms with Crippen molar-refractivity contribution in [3.05, 3.63) is 47.1 Å². The summed E-state index contributed by atoms with van der Waals surface area (Å²) in [5.41, 5.74) is 1.71. The van der Waals surface area contributed by atoms with Gasteiger partial charge in [0.25, 0.3) is 5.91 Å². The zero-order chi connectivity index (χ0) is 18.7. The van der Waals surface area contributed by atoms with Crippen LogP contribution in [0.4, 0.5) is 14.9 Å². The Kier molecular flexibility index (Phi) is 5.20. The fraction of sp³-hybridized carbons (Fsp3) is 0.389. The van der Waals surface area contributed by atoms with Crippen LogP contribution < -0.4 is 5.32 Å². The summed E-state index contributed by atoms with van der Waals surface area (Å²) >= 11 is 0. The van der Waals surface area contributed by atoms with Crippen molar-refractivity contribution in [1.29, 1.82) is 0 Å². The molecule has 0 spiro atoms. The summed E-state index contributed by atoms with van der Waals surface area (Å²) in [6.07, 6.45) is 0.623. The van der Waals surface area contributed by atoms with Crippen LogP contribution in [0.15, 0.2) is 28.8 Å². The van der Waals surface area contributed by atoms with Crippen molar-refractivity contribution in [1.82, 2.24) is 15.0 Å². The van der Waals surface area contributed by atoms with Gasteiger partial charge in [-0.25, -0.2) is 9.18 Å². The molecule has 0 atom stereocenters. The van der Waals surface area contributed by atoms with Crippen LogP contribution in [0, 0.1) is 12.7 Å². The second-order valence-corrected chi connectivity index (χ2v) is 6.13. The highest BCUT2D eigenvalue weighted by atomic mass is 19.1. The predicted molar refractivity (Wildman–Crippen MR) is 93.5 cm³/mol. The fourth-order valence-corrected chi connectivity index (χ4v) is 2.94. The molecule has 3 rings (SSSR count). The van der Waals surface area contributed by atoms with Gasteiger partial charge in [0, 0.05) is 31.9 Å². The van der Waals surface area contributed by atoms with Crippen LogP contribution in [0.1, 0.15) is 28.7 Å². The van der Waals surface area contributed by atoms with Crippen LogP contribution in [0.25, 0.3) is 0 Å². The number of piperazine rings is 1. The Hall–Kier alpha value is -2.90. The highest BCUT2D eigenvalue weighted by Crippen LogP contribution is 2.18. The van der Waals surface area contributed by atoms with E-state index in [1.165, 1.54) is 24.3 Å². The lowest BCUT2D eigenvalue weighted by Gasteiger charge is -2.34. The Balaban J connectivity index is 1.58. The van der Waals surface area contributed by atoms with Crippen LogP contribution in [0.5, 0.6) is 0 Å². The summed E-state index contributed by atoms with van der Waals surface area (Å²) in [7, 11) is 0. The molecule has 0 radical (unpaired) electrons. The van der Waals surface area contributed by atoms with Gasteiger partial charge in [0.2, 0.25) is 0 Å². The van der Waals surface area contributed by atoms with Gasteiger partial charge in [-0.05, 0) is 37.6 Å². The van der Waals surface area contributed by atoms with E-state index < -0.39 is 0 Å². The lowest BCUT2D eigenvalue weighted by molar-refractivity contribution is 0.0669. The van der Waals surface area contributed by atoms with E-state index in [4.69, 9.17) is 4.52 Å². The number of aryl methyl sites for hydroxylation is 2. The number of amides is 3. The van der Waals surface area contributed by atoms with Gasteiger partial charge in [-0.15, -0.1) is 0 Å². The van der Waals surface area contributed by atoms with E-state index in [1.54, 1.807) is 16.7 Å². The number of carbonyl (C=O) groups is 2. The molecule has 0 saturated carbocycles. The molecule has 1 aliphatic heterocycles. The van der Waals surface area contributed by atoms with E-state index in [0.29, 0.717) is 55.3 Å². The van der Waals surface area contributed by atoms with Gasteiger partial charge in [0.15, 0.2) is 0 Å². The number of anilines is 1. The zero-order valence-electron chi connectivity index (χ0n) is 14.8. The van der Waals surface area contributed by atoms with E-state index >= 15 is 0 Å². The molecule has 3 amide bonds. The quantitative estimate of drug-likeness (QED) is 0.913. The first-order chi connectivity index (χ1) is 12.5. The smallest absolute Gasteiger partial charge is 0.321 e. The number of hydrogen-bond acceptors (Lipinski definition) is 4. The Morgan fingerprint density at radius 1 is 1.15 bits per heavy atom. The van der Waals surface area contributed by atoms with Gasteiger partial charge < -0.3 is 19.6 Å². The number of carbonyl (C=O) groups excluding carboxylic acids is 2. The van der Waals surface area contributed by atoms with Crippen LogP contribution >= 0.6 is 0 Å². The summed E-state index contributed by atoms with van der Waals surface area (Å²) < 4.78 is 18.1. The fourth-order valence-electron chi connectivity index (χ4n) is 2.94. The maximum Gasteiger partial charge on any atom is 0.321 e. The van der Waals surface area contributed by atoms with E-state index in [0.717, 1.165) is 0 Å². The first-order valence-electron chi connectivity index (χ1n) is 8.55. The third-order valence-electron chi connectivity index (χ3n) is 4.43. The minimum absolute atomic E-state index is 0.112. The molecule has 26 heavy (non-hydrogen) atoms. The molecule has 8 heteroatoms. The average molecular weight is 360 g/mol. The maximum absolute atomic E-state index is 12.9. The van der Waals surface area contributed by atoms with E-state index in [-0.39, 0.29) is 17.8 Å². The van der Waals surface area contributed by atoms with Crippen molar-refractivity contribution in [3.63, 3.8) is 0 Å². The Labute approximate surface area is 150 Å². The molecule has 1 aliphatic rings. The summed E-state index contributed by atoms with van der Waals surface area (Å²) in [5, 5.41) is 6.65. The number of urea groups is 1. The topological polar surface area (TPSA) is 78.7 Å². The maximum atomic E-state index is 12.9. The molecule has 1 aromatic carbocycles. The summed E-state index contributed by atoms with van der Waals surface area (Å²) in [6, 6.07) is 5.33. The molecular formula is C18H21FN4O3.